The molecule has 0 saturated heterocycles. The van der Waals surface area contributed by atoms with Gasteiger partial charge in [0, 0.05) is 12.0 Å². The van der Waals surface area contributed by atoms with Crippen LogP contribution in [0.1, 0.15) is 46.0 Å². The Kier molecular flexibility index (Phi) is 6.57. The van der Waals surface area contributed by atoms with E-state index in [-0.39, 0.29) is 23.3 Å². The van der Waals surface area contributed by atoms with Crippen molar-refractivity contribution < 1.29 is 44.6 Å². The average Bonchev–Trinajstić information content (AvgIpc) is 2.71. The Morgan fingerprint density at radius 2 is 1.40 bits per heavy atom. The zero-order valence-corrected chi connectivity index (χ0v) is 17.4. The highest BCUT2D eigenvalue weighted by Gasteiger charge is 2.34. The zero-order chi connectivity index (χ0) is 22.9. The van der Waals surface area contributed by atoms with Crippen LogP contribution in [0.3, 0.4) is 0 Å². The Morgan fingerprint density at radius 3 is 1.90 bits per heavy atom. The van der Waals surface area contributed by atoms with Gasteiger partial charge in [0.15, 0.2) is 11.5 Å². The third-order valence-corrected chi connectivity index (χ3v) is 4.95. The smallest absolute Gasteiger partial charge is 0.345 e. The number of hydrogen-bond acceptors (Lipinski definition) is 9. The number of Topliss-reactive ketones (excluding diaryl/α,β-unsaturated/α-hetero) is 1. The van der Waals surface area contributed by atoms with Gasteiger partial charge in [0.1, 0.15) is 44.9 Å². The lowest BCUT2D eigenvalue weighted by Gasteiger charge is -2.21. The SMILES string of the molecule is CCCC(=O)c1c(O)c(-c2c(O)c(Cl)c(O)c(C(=O)OC)c2O)c(O)c(C)c1OC. The van der Waals surface area contributed by atoms with Crippen molar-refractivity contribution in [1.82, 2.24) is 0 Å². The van der Waals surface area contributed by atoms with Gasteiger partial charge in [0.05, 0.1) is 25.3 Å². The van der Waals surface area contributed by atoms with E-state index in [1.54, 1.807) is 6.92 Å². The fraction of sp³-hybridized carbons (Fsp3) is 0.300. The van der Waals surface area contributed by atoms with Gasteiger partial charge in [-0.3, -0.25) is 4.79 Å². The van der Waals surface area contributed by atoms with Crippen LogP contribution in [0, 0.1) is 6.92 Å². The van der Waals surface area contributed by atoms with Crippen LogP contribution in [-0.4, -0.2) is 51.5 Å². The summed E-state index contributed by atoms with van der Waals surface area (Å²) in [6.07, 6.45) is 0.486. The van der Waals surface area contributed by atoms with Crippen LogP contribution in [0.5, 0.6) is 34.5 Å². The van der Waals surface area contributed by atoms with E-state index in [4.69, 9.17) is 16.3 Å². The average molecular weight is 441 g/mol. The van der Waals surface area contributed by atoms with Crippen molar-refractivity contribution in [2.24, 2.45) is 0 Å². The number of esters is 1. The summed E-state index contributed by atoms with van der Waals surface area (Å²) in [7, 11) is 2.22. The van der Waals surface area contributed by atoms with Crippen LogP contribution in [0.15, 0.2) is 0 Å². The van der Waals surface area contributed by atoms with Crippen molar-refractivity contribution in [3.05, 3.63) is 21.7 Å². The highest BCUT2D eigenvalue weighted by molar-refractivity contribution is 6.35. The molecule has 162 valence electrons. The van der Waals surface area contributed by atoms with Gasteiger partial charge < -0.3 is 35.0 Å². The molecule has 0 heterocycles. The Hall–Kier alpha value is -3.33. The van der Waals surface area contributed by atoms with Crippen LogP contribution >= 0.6 is 11.6 Å². The van der Waals surface area contributed by atoms with Crippen LogP contribution in [0.4, 0.5) is 0 Å². The third kappa shape index (κ3) is 3.41. The molecule has 0 aromatic heterocycles. The van der Waals surface area contributed by atoms with Crippen molar-refractivity contribution in [1.29, 1.82) is 0 Å². The molecule has 0 aliphatic rings. The van der Waals surface area contributed by atoms with Gasteiger partial charge in [-0.1, -0.05) is 18.5 Å². The van der Waals surface area contributed by atoms with Gasteiger partial charge in [-0.2, -0.15) is 0 Å². The van der Waals surface area contributed by atoms with Crippen molar-refractivity contribution in [3.8, 4) is 45.6 Å². The molecule has 30 heavy (non-hydrogen) atoms. The second-order valence-electron chi connectivity index (χ2n) is 6.38. The highest BCUT2D eigenvalue weighted by atomic mass is 35.5. The lowest BCUT2D eigenvalue weighted by molar-refractivity contribution is 0.0593. The maximum Gasteiger partial charge on any atom is 0.345 e. The van der Waals surface area contributed by atoms with Crippen molar-refractivity contribution in [3.63, 3.8) is 0 Å². The van der Waals surface area contributed by atoms with E-state index in [0.29, 0.717) is 6.42 Å². The molecule has 0 unspecified atom stereocenters. The predicted molar refractivity (Wildman–Crippen MR) is 107 cm³/mol. The summed E-state index contributed by atoms with van der Waals surface area (Å²) in [6.45, 7) is 3.13. The predicted octanol–water partition coefficient (Wildman–Crippen LogP) is 3.62. The summed E-state index contributed by atoms with van der Waals surface area (Å²) in [5, 5.41) is 51.9. The standard InChI is InChI=1S/C20H21ClO9/c1-5-6-8(22)9-15(24)10(14(23)7(2)19(9)29-3)11-16(25)12(20(28)30-4)18(27)13(21)17(11)26/h23-27H,5-6H2,1-4H3. The Labute approximate surface area is 176 Å². The Balaban J connectivity index is 3.07. The van der Waals surface area contributed by atoms with Gasteiger partial charge in [-0.05, 0) is 13.3 Å². The third-order valence-electron chi connectivity index (χ3n) is 4.60. The second kappa shape index (κ2) is 8.58. The number of hydrogen-bond donors (Lipinski definition) is 5. The van der Waals surface area contributed by atoms with Crippen molar-refractivity contribution in [2.75, 3.05) is 14.2 Å². The molecule has 0 aliphatic heterocycles. The number of phenolic OH excluding ortho intramolecular Hbond substituents is 5. The molecule has 2 aromatic carbocycles. The maximum atomic E-state index is 12.6. The lowest BCUT2D eigenvalue weighted by atomic mass is 9.90. The first-order valence-electron chi connectivity index (χ1n) is 8.75. The molecule has 0 radical (unpaired) electrons. The molecule has 5 N–H and O–H groups in total. The van der Waals surface area contributed by atoms with Crippen LogP contribution in [0.2, 0.25) is 5.02 Å². The minimum absolute atomic E-state index is 0.0207. The molecule has 9 nitrogen and oxygen atoms in total. The largest absolute Gasteiger partial charge is 0.507 e. The summed E-state index contributed by atoms with van der Waals surface area (Å²) < 4.78 is 9.67. The number of phenols is 5. The number of ketones is 1. The minimum Gasteiger partial charge on any atom is -0.507 e. The van der Waals surface area contributed by atoms with Crippen molar-refractivity contribution in [2.45, 2.75) is 26.7 Å². The summed E-state index contributed by atoms with van der Waals surface area (Å²) in [4.78, 5) is 24.6. The summed E-state index contributed by atoms with van der Waals surface area (Å²) in [5.74, 6) is -6.20. The van der Waals surface area contributed by atoms with Crippen LogP contribution in [0.25, 0.3) is 11.1 Å². The molecule has 0 spiro atoms. The summed E-state index contributed by atoms with van der Waals surface area (Å²) in [5.41, 5.74) is -2.32. The highest BCUT2D eigenvalue weighted by Crippen LogP contribution is 2.57. The molecule has 2 rings (SSSR count). The van der Waals surface area contributed by atoms with E-state index in [2.05, 4.69) is 4.74 Å². The monoisotopic (exact) mass is 440 g/mol. The number of halogens is 1. The van der Waals surface area contributed by atoms with Gasteiger partial charge in [-0.25, -0.2) is 4.79 Å². The first-order valence-corrected chi connectivity index (χ1v) is 9.13. The fourth-order valence-electron chi connectivity index (χ4n) is 3.14. The van der Waals surface area contributed by atoms with E-state index in [9.17, 15) is 35.1 Å². The number of aromatic hydroxyl groups is 5. The van der Waals surface area contributed by atoms with Gasteiger partial charge in [0.25, 0.3) is 0 Å². The van der Waals surface area contributed by atoms with Gasteiger partial charge >= 0.3 is 5.97 Å². The first-order chi connectivity index (χ1) is 14.0. The Morgan fingerprint density at radius 1 is 0.867 bits per heavy atom. The maximum absolute atomic E-state index is 12.6. The number of rotatable bonds is 6. The van der Waals surface area contributed by atoms with E-state index in [0.717, 1.165) is 7.11 Å². The molecule has 0 amide bonds. The zero-order valence-electron chi connectivity index (χ0n) is 16.7. The number of carbonyl (C=O) groups is 2. The summed E-state index contributed by atoms with van der Waals surface area (Å²) in [6, 6.07) is 0. The number of benzene rings is 2. The molecule has 0 saturated carbocycles. The molecule has 0 atom stereocenters. The fourth-order valence-corrected chi connectivity index (χ4v) is 3.33. The number of methoxy groups -OCH3 is 2. The molecule has 0 bridgehead atoms. The van der Waals surface area contributed by atoms with Crippen molar-refractivity contribution >= 4 is 23.4 Å². The topological polar surface area (TPSA) is 154 Å². The minimum atomic E-state index is -1.19. The van der Waals surface area contributed by atoms with E-state index in [1.165, 1.54) is 14.0 Å². The van der Waals surface area contributed by atoms with E-state index >= 15 is 0 Å². The molecule has 0 fully saturated rings. The molecule has 2 aromatic rings. The first kappa shape index (κ1) is 23.0. The van der Waals surface area contributed by atoms with Crippen LogP contribution in [-0.2, 0) is 4.74 Å². The second-order valence-corrected chi connectivity index (χ2v) is 6.76. The van der Waals surface area contributed by atoms with Crippen LogP contribution < -0.4 is 4.74 Å². The number of carbonyl (C=O) groups excluding carboxylic acids is 2. The molecule has 0 aliphatic carbocycles. The lowest BCUT2D eigenvalue weighted by Crippen LogP contribution is -2.07. The Bertz CT molecular complexity index is 1040. The van der Waals surface area contributed by atoms with Gasteiger partial charge in [0.2, 0.25) is 0 Å². The normalized spacial score (nSPS) is 10.7. The molecular weight excluding hydrogens is 420 g/mol. The van der Waals surface area contributed by atoms with Gasteiger partial charge in [-0.15, -0.1) is 0 Å². The van der Waals surface area contributed by atoms with E-state index < -0.39 is 62.2 Å². The van der Waals surface area contributed by atoms with E-state index in [1.807, 2.05) is 0 Å². The quantitative estimate of drug-likeness (QED) is 0.334. The molecule has 10 heteroatoms. The molecular formula is C20H21ClO9. The summed E-state index contributed by atoms with van der Waals surface area (Å²) >= 11 is 5.89. The number of ether oxygens (including phenoxy) is 2.